The Morgan fingerprint density at radius 1 is 0.370 bits per heavy atom. The summed E-state index contributed by atoms with van der Waals surface area (Å²) < 4.78 is 33.1. The van der Waals surface area contributed by atoms with E-state index in [-0.39, 0.29) is 38.6 Å². The van der Waals surface area contributed by atoms with E-state index >= 15 is 0 Å². The first kappa shape index (κ1) is 79.5. The molecule has 0 aliphatic carbocycles. The van der Waals surface area contributed by atoms with Gasteiger partial charge in [-0.2, -0.15) is 0 Å². The predicted molar refractivity (Wildman–Crippen MR) is 349 cm³/mol. The fraction of sp³-hybridized carbons (Fsp3) is 0.915. The molecule has 0 aliphatic heterocycles. The summed E-state index contributed by atoms with van der Waals surface area (Å²) in [4.78, 5) is 35.3. The van der Waals surface area contributed by atoms with Gasteiger partial charge in [0.05, 0.1) is 13.2 Å². The highest BCUT2D eigenvalue weighted by Gasteiger charge is 2.26. The van der Waals surface area contributed by atoms with Crippen molar-refractivity contribution in [3.05, 3.63) is 24.3 Å². The molecular formula is C71H138NO8P. The van der Waals surface area contributed by atoms with E-state index < -0.39 is 26.5 Å². The zero-order chi connectivity index (χ0) is 58.7. The minimum Gasteiger partial charge on any atom is -0.462 e. The highest BCUT2D eigenvalue weighted by atomic mass is 31.2. The van der Waals surface area contributed by atoms with Gasteiger partial charge in [-0.1, -0.05) is 353 Å². The first-order chi connectivity index (χ1) is 39.8. The van der Waals surface area contributed by atoms with Crippen LogP contribution in [0.5, 0.6) is 0 Å². The molecule has 0 spiro atoms. The molecule has 0 aromatic rings. The Kier molecular flexibility index (Phi) is 66.4. The molecule has 10 heteroatoms. The summed E-state index contributed by atoms with van der Waals surface area (Å²) in [6, 6.07) is 0. The summed E-state index contributed by atoms with van der Waals surface area (Å²) in [5.41, 5.74) is 5.39. The number of unbranched alkanes of at least 4 members (excludes halogenated alkanes) is 52. The van der Waals surface area contributed by atoms with Crippen LogP contribution in [0.15, 0.2) is 24.3 Å². The van der Waals surface area contributed by atoms with Crippen LogP contribution in [0.2, 0.25) is 0 Å². The molecule has 2 unspecified atom stereocenters. The van der Waals surface area contributed by atoms with E-state index in [9.17, 15) is 19.0 Å². The molecule has 0 radical (unpaired) electrons. The van der Waals surface area contributed by atoms with Gasteiger partial charge < -0.3 is 20.1 Å². The lowest BCUT2D eigenvalue weighted by Gasteiger charge is -2.19. The minimum absolute atomic E-state index is 0.0549. The molecule has 0 fully saturated rings. The van der Waals surface area contributed by atoms with Crippen LogP contribution in [-0.2, 0) is 32.7 Å². The number of esters is 2. The van der Waals surface area contributed by atoms with Gasteiger partial charge in [-0.05, 0) is 44.9 Å². The molecular weight excluding hydrogens is 1030 g/mol. The van der Waals surface area contributed by atoms with Crippen molar-refractivity contribution in [1.82, 2.24) is 0 Å². The number of allylic oxidation sites excluding steroid dienone is 4. The zero-order valence-corrected chi connectivity index (χ0v) is 55.0. The normalized spacial score (nSPS) is 13.0. The predicted octanol–water partition coefficient (Wildman–Crippen LogP) is 23.3. The largest absolute Gasteiger partial charge is 0.472 e. The molecule has 0 amide bonds. The van der Waals surface area contributed by atoms with Gasteiger partial charge in [0.1, 0.15) is 6.61 Å². The maximum atomic E-state index is 12.7. The Morgan fingerprint density at radius 2 is 0.642 bits per heavy atom. The number of carbonyl (C=O) groups is 2. The van der Waals surface area contributed by atoms with E-state index in [2.05, 4.69) is 38.2 Å². The van der Waals surface area contributed by atoms with Crippen molar-refractivity contribution in [2.75, 3.05) is 26.4 Å². The summed E-state index contributed by atoms with van der Waals surface area (Å²) in [5, 5.41) is 0. The van der Waals surface area contributed by atoms with Crippen LogP contribution in [0, 0.1) is 0 Å². The molecule has 0 saturated carbocycles. The highest BCUT2D eigenvalue weighted by Crippen LogP contribution is 2.43. The van der Waals surface area contributed by atoms with Gasteiger partial charge in [0.25, 0.3) is 0 Å². The van der Waals surface area contributed by atoms with Gasteiger partial charge in [0.2, 0.25) is 0 Å². The van der Waals surface area contributed by atoms with E-state index in [0.29, 0.717) is 6.42 Å². The topological polar surface area (TPSA) is 134 Å². The molecule has 0 heterocycles. The quantitative estimate of drug-likeness (QED) is 0.0264. The Hall–Kier alpha value is -1.51. The Balaban J connectivity index is 3.70. The van der Waals surface area contributed by atoms with Gasteiger partial charge in [-0.15, -0.1) is 0 Å². The van der Waals surface area contributed by atoms with Crippen LogP contribution in [0.4, 0.5) is 0 Å². The molecule has 0 aromatic carbocycles. The fourth-order valence-electron chi connectivity index (χ4n) is 11.0. The summed E-state index contributed by atoms with van der Waals surface area (Å²) >= 11 is 0. The number of phosphoric acid groups is 1. The van der Waals surface area contributed by atoms with Crippen LogP contribution in [-0.4, -0.2) is 49.3 Å². The second-order valence-electron chi connectivity index (χ2n) is 24.5. The van der Waals surface area contributed by atoms with Crippen LogP contribution in [0.1, 0.15) is 386 Å². The van der Waals surface area contributed by atoms with Crippen LogP contribution >= 0.6 is 7.82 Å². The average Bonchev–Trinajstić information content (AvgIpc) is 3.46. The highest BCUT2D eigenvalue weighted by molar-refractivity contribution is 7.47. The number of rotatable bonds is 69. The Labute approximate surface area is 503 Å². The first-order valence-corrected chi connectivity index (χ1v) is 37.3. The zero-order valence-electron chi connectivity index (χ0n) is 54.1. The lowest BCUT2D eigenvalue weighted by atomic mass is 10.0. The second-order valence-corrected chi connectivity index (χ2v) is 25.9. The molecule has 81 heavy (non-hydrogen) atoms. The molecule has 0 aliphatic rings. The van der Waals surface area contributed by atoms with Crippen LogP contribution in [0.3, 0.4) is 0 Å². The number of hydrogen-bond acceptors (Lipinski definition) is 8. The van der Waals surface area contributed by atoms with E-state index in [1.165, 1.54) is 302 Å². The molecule has 0 aromatic heterocycles. The summed E-state index contributed by atoms with van der Waals surface area (Å²) in [6.07, 6.45) is 83.1. The smallest absolute Gasteiger partial charge is 0.462 e. The van der Waals surface area contributed by atoms with Crippen molar-refractivity contribution >= 4 is 19.8 Å². The third kappa shape index (κ3) is 67.5. The van der Waals surface area contributed by atoms with Crippen molar-refractivity contribution in [3.63, 3.8) is 0 Å². The van der Waals surface area contributed by atoms with Gasteiger partial charge in [0, 0.05) is 19.4 Å². The lowest BCUT2D eigenvalue weighted by Crippen LogP contribution is -2.29. The number of ether oxygens (including phenoxy) is 2. The molecule has 2 atom stereocenters. The number of nitrogens with two attached hydrogens (primary N) is 1. The first-order valence-electron chi connectivity index (χ1n) is 35.8. The van der Waals surface area contributed by atoms with Crippen LogP contribution < -0.4 is 5.73 Å². The van der Waals surface area contributed by atoms with Crippen molar-refractivity contribution < 1.29 is 37.6 Å². The fourth-order valence-corrected chi connectivity index (χ4v) is 11.8. The van der Waals surface area contributed by atoms with Crippen molar-refractivity contribution in [2.45, 2.75) is 392 Å². The summed E-state index contributed by atoms with van der Waals surface area (Å²) in [6.45, 7) is 3.78. The van der Waals surface area contributed by atoms with Gasteiger partial charge in [-0.3, -0.25) is 18.6 Å². The van der Waals surface area contributed by atoms with E-state index in [0.717, 1.165) is 51.4 Å². The number of carbonyl (C=O) groups excluding carboxylic acids is 2. The van der Waals surface area contributed by atoms with Crippen LogP contribution in [0.25, 0.3) is 0 Å². The van der Waals surface area contributed by atoms with Gasteiger partial charge in [-0.25, -0.2) is 4.57 Å². The van der Waals surface area contributed by atoms with Gasteiger partial charge in [0.15, 0.2) is 6.10 Å². The van der Waals surface area contributed by atoms with E-state index in [1.54, 1.807) is 0 Å². The molecule has 0 saturated heterocycles. The maximum absolute atomic E-state index is 12.7. The number of phosphoric ester groups is 1. The molecule has 3 N–H and O–H groups in total. The van der Waals surface area contributed by atoms with E-state index in [1.807, 2.05) is 0 Å². The molecule has 0 bridgehead atoms. The number of hydrogen-bond donors (Lipinski definition) is 2. The van der Waals surface area contributed by atoms with Crippen molar-refractivity contribution in [1.29, 1.82) is 0 Å². The lowest BCUT2D eigenvalue weighted by molar-refractivity contribution is -0.161. The standard InChI is InChI=1S/C71H138NO8P/c1-3-5-7-9-11-13-15-17-19-21-23-24-25-26-27-28-29-30-31-32-33-34-35-36-37-38-39-40-41-42-43-44-46-47-49-51-53-55-57-59-61-63-70(73)77-67-69(68-79-81(75,76)78-66-65-72)80-71(74)64-62-60-58-56-54-52-50-48-45-22-20-18-16-14-12-10-8-6-4-2/h12,14,18,20,69H,3-11,13,15-17,19,21-68,72H2,1-2H3,(H,75,76)/b14-12-,20-18-. The molecule has 0 rings (SSSR count). The third-order valence-corrected chi connectivity index (χ3v) is 17.3. The van der Waals surface area contributed by atoms with Crippen molar-refractivity contribution in [3.8, 4) is 0 Å². The maximum Gasteiger partial charge on any atom is 0.472 e. The van der Waals surface area contributed by atoms with Gasteiger partial charge >= 0.3 is 19.8 Å². The van der Waals surface area contributed by atoms with Crippen molar-refractivity contribution in [2.24, 2.45) is 5.73 Å². The third-order valence-electron chi connectivity index (χ3n) is 16.3. The summed E-state index contributed by atoms with van der Waals surface area (Å²) in [5.74, 6) is -0.813. The second kappa shape index (κ2) is 67.6. The SMILES string of the molecule is CCCCC/C=C\C/C=C\CCCCCCCCCCCC(=O)OC(COC(=O)CCCCCCCCCCCCCCCCCCCCCCCCCCCCCCCCCCCCCCCCCCC)COP(=O)(O)OCCN. The average molecular weight is 1160 g/mol. The molecule has 9 nitrogen and oxygen atoms in total. The molecule has 480 valence electrons. The minimum atomic E-state index is -4.39. The Morgan fingerprint density at radius 3 is 0.963 bits per heavy atom. The Bertz CT molecular complexity index is 1380. The monoisotopic (exact) mass is 1160 g/mol. The summed E-state index contributed by atoms with van der Waals surface area (Å²) in [7, 11) is -4.39. The van der Waals surface area contributed by atoms with E-state index in [4.69, 9.17) is 24.3 Å².